The molecule has 3 heterocycles. The van der Waals surface area contributed by atoms with E-state index in [-0.39, 0.29) is 0 Å². The molecule has 0 aliphatic rings. The fourth-order valence-corrected chi connectivity index (χ4v) is 8.92. The van der Waals surface area contributed by atoms with Crippen molar-refractivity contribution in [3.05, 3.63) is 168 Å². The highest BCUT2D eigenvalue weighted by atomic mass is 32.1. The third-order valence-electron chi connectivity index (χ3n) is 9.74. The van der Waals surface area contributed by atoms with E-state index in [1.807, 2.05) is 53.8 Å². The molecule has 0 bridgehead atoms. The van der Waals surface area contributed by atoms with Crippen LogP contribution < -0.4 is 0 Å². The molecule has 49 heavy (non-hydrogen) atoms. The van der Waals surface area contributed by atoms with Crippen LogP contribution in [0.25, 0.3) is 96.0 Å². The van der Waals surface area contributed by atoms with Gasteiger partial charge in [-0.1, -0.05) is 91.0 Å². The molecular formula is C44H24N4S. The van der Waals surface area contributed by atoms with Gasteiger partial charge >= 0.3 is 0 Å². The highest BCUT2D eigenvalue weighted by molar-refractivity contribution is 7.26. The van der Waals surface area contributed by atoms with E-state index in [1.54, 1.807) is 0 Å². The maximum Gasteiger partial charge on any atom is 0.196 e. The van der Waals surface area contributed by atoms with Crippen LogP contribution in [-0.4, -0.2) is 9.13 Å². The van der Waals surface area contributed by atoms with Crippen LogP contribution in [0.15, 0.2) is 146 Å². The summed E-state index contributed by atoms with van der Waals surface area (Å²) in [5.74, 6) is 0. The summed E-state index contributed by atoms with van der Waals surface area (Å²) in [7, 11) is 0. The Balaban J connectivity index is 1.31. The quantitative estimate of drug-likeness (QED) is 0.171. The third-order valence-corrected chi connectivity index (χ3v) is 10.9. The lowest BCUT2D eigenvalue weighted by Crippen LogP contribution is -1.97. The topological polar surface area (TPSA) is 18.6 Å². The van der Waals surface area contributed by atoms with Crippen LogP contribution in [-0.2, 0) is 0 Å². The number of hydrogen-bond donors (Lipinski definition) is 0. The second-order valence-electron chi connectivity index (χ2n) is 12.3. The molecule has 10 rings (SSSR count). The molecule has 0 radical (unpaired) electrons. The number of thiophene rings is 1. The summed E-state index contributed by atoms with van der Waals surface area (Å²) in [5, 5.41) is 6.98. The second kappa shape index (κ2) is 10.4. The van der Waals surface area contributed by atoms with Crippen molar-refractivity contribution in [1.82, 2.24) is 9.13 Å². The van der Waals surface area contributed by atoms with Crippen LogP contribution in [0.2, 0.25) is 0 Å². The molecule has 0 spiro atoms. The van der Waals surface area contributed by atoms with Crippen LogP contribution in [0.4, 0.5) is 11.4 Å². The Morgan fingerprint density at radius 3 is 2.06 bits per heavy atom. The first kappa shape index (κ1) is 27.5. The van der Waals surface area contributed by atoms with Gasteiger partial charge in [0, 0.05) is 48.6 Å². The van der Waals surface area contributed by atoms with Crippen LogP contribution in [0.1, 0.15) is 0 Å². The molecule has 7 aromatic carbocycles. The Kier molecular flexibility index (Phi) is 5.84. The monoisotopic (exact) mass is 640 g/mol. The highest BCUT2D eigenvalue weighted by Crippen LogP contribution is 2.46. The summed E-state index contributed by atoms with van der Waals surface area (Å²) in [5.41, 5.74) is 9.51. The Hall–Kier alpha value is -6.66. The fourth-order valence-electron chi connectivity index (χ4n) is 7.68. The minimum Gasteiger partial charge on any atom is -0.310 e. The molecule has 0 N–H and O–H groups in total. The smallest absolute Gasteiger partial charge is 0.196 e. The molecule has 3 aromatic heterocycles. The Labute approximate surface area is 285 Å². The van der Waals surface area contributed by atoms with Gasteiger partial charge in [-0.3, -0.25) is 0 Å². The lowest BCUT2D eigenvalue weighted by Gasteiger charge is -2.16. The van der Waals surface area contributed by atoms with Crippen LogP contribution in [0.3, 0.4) is 0 Å². The molecule has 0 aliphatic carbocycles. The van der Waals surface area contributed by atoms with E-state index in [2.05, 4.69) is 122 Å². The van der Waals surface area contributed by atoms with Crippen molar-refractivity contribution in [2.75, 3.05) is 0 Å². The molecule has 0 atom stereocenters. The molecule has 0 saturated carbocycles. The number of fused-ring (bicyclic) bond motifs is 10. The number of nitrogens with zero attached hydrogens (tertiary/aromatic N) is 4. The van der Waals surface area contributed by atoms with Crippen molar-refractivity contribution in [3.63, 3.8) is 0 Å². The zero-order valence-electron chi connectivity index (χ0n) is 26.1. The SMILES string of the molecule is [C-]#[N+]c1ccc2c(c1)c1ccccc1n2-c1cccc([N+]#[C-])c1-c1ccc2c(c1)c1ccc3c4ccccc4sc3c1n2-c1ccccc1. The van der Waals surface area contributed by atoms with Crippen LogP contribution >= 0.6 is 11.3 Å². The molecule has 0 amide bonds. The van der Waals surface area contributed by atoms with E-state index in [4.69, 9.17) is 13.1 Å². The standard InChI is InChI=1S/C44H24N4S/c1-45-28-20-24-39-35(26-28)30-13-6-8-16-37(30)48(39)40-17-10-15-36(46-2)42(40)27-19-23-38-34(25-27)32-21-22-33-31-14-7-9-18-41(31)49-44(33)43(32)47(38)29-11-4-3-5-12-29/h3-26H. The number of rotatable bonds is 3. The summed E-state index contributed by atoms with van der Waals surface area (Å²) in [4.78, 5) is 7.77. The average Bonchev–Trinajstić information content (AvgIpc) is 3.82. The lowest BCUT2D eigenvalue weighted by molar-refractivity contribution is 1.18. The van der Waals surface area contributed by atoms with Crippen molar-refractivity contribution in [2.24, 2.45) is 0 Å². The Bertz CT molecular complexity index is 3070. The number of para-hydroxylation sites is 2. The molecule has 0 aliphatic heterocycles. The molecule has 226 valence electrons. The Morgan fingerprint density at radius 1 is 0.490 bits per heavy atom. The van der Waals surface area contributed by atoms with Gasteiger partial charge in [-0.25, -0.2) is 9.69 Å². The van der Waals surface area contributed by atoms with Gasteiger partial charge in [0.25, 0.3) is 0 Å². The highest BCUT2D eigenvalue weighted by Gasteiger charge is 2.22. The van der Waals surface area contributed by atoms with Gasteiger partial charge in [0.1, 0.15) is 0 Å². The first-order valence-electron chi connectivity index (χ1n) is 16.1. The van der Waals surface area contributed by atoms with Crippen molar-refractivity contribution < 1.29 is 0 Å². The van der Waals surface area contributed by atoms with Gasteiger partial charge in [-0.2, -0.15) is 0 Å². The molecule has 10 aromatic rings. The fraction of sp³-hybridized carbons (Fsp3) is 0. The number of benzene rings is 7. The van der Waals surface area contributed by atoms with E-state index >= 15 is 0 Å². The van der Waals surface area contributed by atoms with Crippen molar-refractivity contribution >= 4 is 86.5 Å². The zero-order valence-corrected chi connectivity index (χ0v) is 26.9. The minimum atomic E-state index is 0.597. The van der Waals surface area contributed by atoms with Gasteiger partial charge in [-0.05, 0) is 65.5 Å². The first-order valence-corrected chi connectivity index (χ1v) is 16.9. The van der Waals surface area contributed by atoms with E-state index in [9.17, 15) is 0 Å². The number of aromatic nitrogens is 2. The summed E-state index contributed by atoms with van der Waals surface area (Å²) in [6, 6.07) is 50.6. The summed E-state index contributed by atoms with van der Waals surface area (Å²) in [6.07, 6.45) is 0. The summed E-state index contributed by atoms with van der Waals surface area (Å²) in [6.45, 7) is 15.9. The summed E-state index contributed by atoms with van der Waals surface area (Å²) >= 11 is 1.84. The van der Waals surface area contributed by atoms with E-state index in [1.165, 1.54) is 31.1 Å². The first-order chi connectivity index (χ1) is 24.2. The molecule has 0 fully saturated rings. The van der Waals surface area contributed by atoms with Crippen molar-refractivity contribution in [2.45, 2.75) is 0 Å². The van der Waals surface area contributed by atoms with Gasteiger partial charge in [0.2, 0.25) is 0 Å². The molecule has 4 nitrogen and oxygen atoms in total. The third kappa shape index (κ3) is 3.88. The van der Waals surface area contributed by atoms with Crippen molar-refractivity contribution in [1.29, 1.82) is 0 Å². The van der Waals surface area contributed by atoms with Crippen LogP contribution in [0, 0.1) is 13.1 Å². The van der Waals surface area contributed by atoms with Crippen LogP contribution in [0.5, 0.6) is 0 Å². The average molecular weight is 641 g/mol. The van der Waals surface area contributed by atoms with E-state index < -0.39 is 0 Å². The van der Waals surface area contributed by atoms with E-state index in [0.717, 1.165) is 55.2 Å². The van der Waals surface area contributed by atoms with Gasteiger partial charge in [0.15, 0.2) is 11.4 Å². The molecule has 5 heteroatoms. The largest absolute Gasteiger partial charge is 0.310 e. The predicted octanol–water partition coefficient (Wildman–Crippen LogP) is 13.0. The van der Waals surface area contributed by atoms with Gasteiger partial charge < -0.3 is 9.13 Å². The molecular weight excluding hydrogens is 617 g/mol. The predicted molar refractivity (Wildman–Crippen MR) is 206 cm³/mol. The second-order valence-corrected chi connectivity index (χ2v) is 13.3. The van der Waals surface area contributed by atoms with Gasteiger partial charge in [0.05, 0.1) is 39.9 Å². The number of hydrogen-bond acceptors (Lipinski definition) is 1. The van der Waals surface area contributed by atoms with E-state index in [0.29, 0.717) is 11.4 Å². The normalized spacial score (nSPS) is 11.6. The molecule has 0 unspecified atom stereocenters. The van der Waals surface area contributed by atoms with Crippen molar-refractivity contribution in [3.8, 4) is 22.5 Å². The van der Waals surface area contributed by atoms with Gasteiger partial charge in [-0.15, -0.1) is 11.3 Å². The molecule has 0 saturated heterocycles. The Morgan fingerprint density at radius 2 is 1.20 bits per heavy atom. The summed E-state index contributed by atoms with van der Waals surface area (Å²) < 4.78 is 7.20. The zero-order chi connectivity index (χ0) is 32.6. The lowest BCUT2D eigenvalue weighted by atomic mass is 9.98. The maximum atomic E-state index is 8.27. The minimum absolute atomic E-state index is 0.597. The maximum absolute atomic E-state index is 8.27.